The van der Waals surface area contributed by atoms with Crippen molar-refractivity contribution < 1.29 is 17.5 Å². The Morgan fingerprint density at radius 1 is 1.50 bits per heavy atom. The first-order valence-electron chi connectivity index (χ1n) is 4.22. The van der Waals surface area contributed by atoms with Crippen LogP contribution in [0, 0.1) is 17.7 Å². The zero-order valence-electron chi connectivity index (χ0n) is 8.33. The third-order valence-electron chi connectivity index (χ3n) is 1.65. The Kier molecular flexibility index (Phi) is 4.16. The minimum absolute atomic E-state index is 0.0147. The van der Waals surface area contributed by atoms with Gasteiger partial charge < -0.3 is 4.74 Å². The van der Waals surface area contributed by atoms with Gasteiger partial charge in [0, 0.05) is 10.7 Å². The van der Waals surface area contributed by atoms with Crippen LogP contribution in [-0.4, -0.2) is 15.0 Å². The van der Waals surface area contributed by atoms with E-state index in [4.69, 9.17) is 15.4 Å². The summed E-state index contributed by atoms with van der Waals surface area (Å²) in [6.07, 6.45) is 0. The lowest BCUT2D eigenvalue weighted by molar-refractivity contribution is 0.359. The van der Waals surface area contributed by atoms with E-state index in [0.717, 1.165) is 12.1 Å². The first kappa shape index (κ1) is 12.8. The highest BCUT2D eigenvalue weighted by atomic mass is 35.7. The average molecular weight is 263 g/mol. The minimum atomic E-state index is -4.03. The van der Waals surface area contributed by atoms with Crippen molar-refractivity contribution in [1.29, 1.82) is 0 Å². The Bertz CT molecular complexity index is 543. The fraction of sp³-hybridized carbons (Fsp3) is 0.200. The quantitative estimate of drug-likeness (QED) is 0.619. The summed E-state index contributed by atoms with van der Waals surface area (Å²) in [5, 5.41) is 0. The molecule has 16 heavy (non-hydrogen) atoms. The Morgan fingerprint density at radius 2 is 2.19 bits per heavy atom. The van der Waals surface area contributed by atoms with E-state index in [-0.39, 0.29) is 12.4 Å². The summed E-state index contributed by atoms with van der Waals surface area (Å²) in [5.41, 5.74) is 0. The maximum Gasteiger partial charge on any atom is 0.265 e. The zero-order chi connectivity index (χ0) is 12.2. The number of benzene rings is 1. The predicted octanol–water partition coefficient (Wildman–Crippen LogP) is 2.16. The smallest absolute Gasteiger partial charge is 0.265 e. The first-order valence-corrected chi connectivity index (χ1v) is 6.52. The molecule has 0 fully saturated rings. The molecule has 1 rings (SSSR count). The summed E-state index contributed by atoms with van der Waals surface area (Å²) < 4.78 is 40.2. The van der Waals surface area contributed by atoms with Crippen LogP contribution in [-0.2, 0) is 9.05 Å². The highest BCUT2D eigenvalue weighted by Gasteiger charge is 2.17. The van der Waals surface area contributed by atoms with Crippen LogP contribution in [0.5, 0.6) is 5.75 Å². The Balaban J connectivity index is 3.12. The van der Waals surface area contributed by atoms with Crippen LogP contribution in [0.15, 0.2) is 23.1 Å². The summed E-state index contributed by atoms with van der Waals surface area (Å²) in [6.45, 7) is 1.63. The SMILES string of the molecule is CC#CCOc1ccc(F)cc1S(=O)(=O)Cl. The standard InChI is InChI=1S/C10H8ClFO3S/c1-2-3-6-15-9-5-4-8(12)7-10(9)16(11,13)14/h4-5,7H,6H2,1H3. The fourth-order valence-corrected chi connectivity index (χ4v) is 1.96. The maximum absolute atomic E-state index is 12.9. The van der Waals surface area contributed by atoms with Crippen LogP contribution < -0.4 is 4.74 Å². The molecule has 0 spiro atoms. The summed E-state index contributed by atoms with van der Waals surface area (Å²) in [5.74, 6) is 4.45. The monoisotopic (exact) mass is 262 g/mol. The summed E-state index contributed by atoms with van der Waals surface area (Å²) >= 11 is 0. The van der Waals surface area contributed by atoms with Gasteiger partial charge in [0.2, 0.25) is 0 Å². The number of rotatable bonds is 3. The molecule has 0 N–H and O–H groups in total. The molecule has 0 unspecified atom stereocenters. The molecule has 3 nitrogen and oxygen atoms in total. The van der Waals surface area contributed by atoms with Crippen molar-refractivity contribution in [2.75, 3.05) is 6.61 Å². The molecule has 1 aromatic carbocycles. The number of ether oxygens (including phenoxy) is 1. The van der Waals surface area contributed by atoms with E-state index < -0.39 is 19.8 Å². The van der Waals surface area contributed by atoms with Crippen LogP contribution in [0.2, 0.25) is 0 Å². The second-order valence-corrected chi connectivity index (χ2v) is 5.28. The minimum Gasteiger partial charge on any atom is -0.480 e. The molecule has 0 heterocycles. The van der Waals surface area contributed by atoms with E-state index in [2.05, 4.69) is 11.8 Å². The topological polar surface area (TPSA) is 43.4 Å². The van der Waals surface area contributed by atoms with Crippen LogP contribution in [0.4, 0.5) is 4.39 Å². The predicted molar refractivity (Wildman–Crippen MR) is 58.4 cm³/mol. The molecule has 0 aromatic heterocycles. The van der Waals surface area contributed by atoms with Crippen molar-refractivity contribution in [3.63, 3.8) is 0 Å². The third kappa shape index (κ3) is 3.40. The molecular weight excluding hydrogens is 255 g/mol. The van der Waals surface area contributed by atoms with E-state index >= 15 is 0 Å². The number of hydrogen-bond acceptors (Lipinski definition) is 3. The molecule has 0 radical (unpaired) electrons. The van der Waals surface area contributed by atoms with E-state index in [9.17, 15) is 12.8 Å². The number of hydrogen-bond donors (Lipinski definition) is 0. The zero-order valence-corrected chi connectivity index (χ0v) is 9.90. The molecule has 0 aliphatic rings. The van der Waals surface area contributed by atoms with Crippen LogP contribution in [0.1, 0.15) is 6.92 Å². The van der Waals surface area contributed by atoms with Gasteiger partial charge in [0.15, 0.2) is 0 Å². The Hall–Kier alpha value is -1.25. The summed E-state index contributed by atoms with van der Waals surface area (Å²) in [6, 6.07) is 3.08. The molecule has 1 aromatic rings. The lowest BCUT2D eigenvalue weighted by Crippen LogP contribution is -2.01. The van der Waals surface area contributed by atoms with Gasteiger partial charge >= 0.3 is 0 Å². The highest BCUT2D eigenvalue weighted by molar-refractivity contribution is 8.13. The van der Waals surface area contributed by atoms with E-state index in [1.54, 1.807) is 6.92 Å². The van der Waals surface area contributed by atoms with Crippen molar-refractivity contribution in [3.8, 4) is 17.6 Å². The van der Waals surface area contributed by atoms with Gasteiger partial charge in [-0.1, -0.05) is 5.92 Å². The van der Waals surface area contributed by atoms with Gasteiger partial charge in [0.05, 0.1) is 0 Å². The van der Waals surface area contributed by atoms with Crippen LogP contribution in [0.25, 0.3) is 0 Å². The van der Waals surface area contributed by atoms with Crippen molar-refractivity contribution >= 4 is 19.7 Å². The number of halogens is 2. The molecular formula is C10H8ClFO3S. The van der Waals surface area contributed by atoms with Crippen LogP contribution >= 0.6 is 10.7 Å². The van der Waals surface area contributed by atoms with Gasteiger partial charge in [0.1, 0.15) is 23.1 Å². The van der Waals surface area contributed by atoms with Gasteiger partial charge in [-0.15, -0.1) is 5.92 Å². The average Bonchev–Trinajstić information content (AvgIpc) is 2.19. The van der Waals surface area contributed by atoms with Gasteiger partial charge in [-0.05, 0) is 25.1 Å². The van der Waals surface area contributed by atoms with Gasteiger partial charge in [-0.2, -0.15) is 0 Å². The van der Waals surface area contributed by atoms with Crippen LogP contribution in [0.3, 0.4) is 0 Å². The highest BCUT2D eigenvalue weighted by Crippen LogP contribution is 2.27. The van der Waals surface area contributed by atoms with Crippen molar-refractivity contribution in [2.45, 2.75) is 11.8 Å². The maximum atomic E-state index is 12.9. The second-order valence-electron chi connectivity index (χ2n) is 2.74. The molecule has 0 saturated carbocycles. The van der Waals surface area contributed by atoms with Crippen molar-refractivity contribution in [2.24, 2.45) is 0 Å². The van der Waals surface area contributed by atoms with Gasteiger partial charge in [0.25, 0.3) is 9.05 Å². The molecule has 0 saturated heterocycles. The van der Waals surface area contributed by atoms with Crippen molar-refractivity contribution in [3.05, 3.63) is 24.0 Å². The first-order chi connectivity index (χ1) is 7.45. The second kappa shape index (κ2) is 5.19. The fourth-order valence-electron chi connectivity index (χ4n) is 0.978. The molecule has 0 aliphatic heterocycles. The Labute approximate surface area is 97.6 Å². The molecule has 6 heteroatoms. The van der Waals surface area contributed by atoms with Gasteiger partial charge in [-0.25, -0.2) is 12.8 Å². The van der Waals surface area contributed by atoms with E-state index in [1.165, 1.54) is 6.07 Å². The molecule has 0 amide bonds. The van der Waals surface area contributed by atoms with E-state index in [1.807, 2.05) is 0 Å². The molecule has 86 valence electrons. The normalized spacial score (nSPS) is 10.4. The van der Waals surface area contributed by atoms with E-state index in [0.29, 0.717) is 0 Å². The largest absolute Gasteiger partial charge is 0.480 e. The van der Waals surface area contributed by atoms with Gasteiger partial charge in [-0.3, -0.25) is 0 Å². The summed E-state index contributed by atoms with van der Waals surface area (Å²) in [4.78, 5) is -0.396. The lowest BCUT2D eigenvalue weighted by Gasteiger charge is -2.06. The molecule has 0 atom stereocenters. The Morgan fingerprint density at radius 3 is 2.75 bits per heavy atom. The molecule has 0 bridgehead atoms. The lowest BCUT2D eigenvalue weighted by atomic mass is 10.3. The third-order valence-corrected chi connectivity index (χ3v) is 2.99. The molecule has 0 aliphatic carbocycles. The summed E-state index contributed by atoms with van der Waals surface area (Å²) in [7, 11) is 1.10. The van der Waals surface area contributed by atoms with Crippen molar-refractivity contribution in [1.82, 2.24) is 0 Å².